The molecule has 0 N–H and O–H groups in total. The minimum atomic E-state index is 0.578. The van der Waals surface area contributed by atoms with Gasteiger partial charge in [0, 0.05) is 58.5 Å². The van der Waals surface area contributed by atoms with Crippen molar-refractivity contribution in [2.45, 2.75) is 0 Å². The second kappa shape index (κ2) is 13.2. The van der Waals surface area contributed by atoms with Gasteiger partial charge in [-0.25, -0.2) is 4.98 Å². The summed E-state index contributed by atoms with van der Waals surface area (Å²) in [6.07, 6.45) is 0. The number of benzene rings is 10. The Balaban J connectivity index is 1.08. The first-order chi connectivity index (χ1) is 31.3. The lowest BCUT2D eigenvalue weighted by Gasteiger charge is -2.14. The number of thiophene rings is 1. The van der Waals surface area contributed by atoms with Crippen LogP contribution >= 0.6 is 11.3 Å². The van der Waals surface area contributed by atoms with E-state index in [2.05, 4.69) is 191 Å². The van der Waals surface area contributed by atoms with Gasteiger partial charge in [-0.1, -0.05) is 158 Å². The Morgan fingerprint density at radius 2 is 0.921 bits per heavy atom. The Morgan fingerprint density at radius 3 is 1.68 bits per heavy atom. The predicted molar refractivity (Wildman–Crippen MR) is 265 cm³/mol. The Labute approximate surface area is 364 Å². The van der Waals surface area contributed by atoms with E-state index in [1.54, 1.807) is 11.3 Å². The van der Waals surface area contributed by atoms with Gasteiger partial charge < -0.3 is 4.57 Å². The highest BCUT2D eigenvalue weighted by atomic mass is 32.1. The summed E-state index contributed by atoms with van der Waals surface area (Å²) in [5.74, 6) is 1.85. The number of nitrogens with zero attached hydrogens (tertiary/aromatic N) is 5. The van der Waals surface area contributed by atoms with Crippen molar-refractivity contribution in [3.05, 3.63) is 200 Å². The monoisotopic (exact) mass is 819 g/mol. The van der Waals surface area contributed by atoms with Crippen molar-refractivity contribution in [1.29, 1.82) is 0 Å². The molecule has 63 heavy (non-hydrogen) atoms. The van der Waals surface area contributed by atoms with Gasteiger partial charge in [-0.3, -0.25) is 4.57 Å². The second-order valence-corrected chi connectivity index (χ2v) is 17.4. The van der Waals surface area contributed by atoms with Crippen LogP contribution < -0.4 is 0 Å². The molecule has 0 fully saturated rings. The number of aromatic nitrogens is 5. The third-order valence-electron chi connectivity index (χ3n) is 13.0. The smallest absolute Gasteiger partial charge is 0.238 e. The molecule has 0 saturated heterocycles. The summed E-state index contributed by atoms with van der Waals surface area (Å²) in [5.41, 5.74) is 7.42. The lowest BCUT2D eigenvalue weighted by molar-refractivity contribution is 0.954. The van der Waals surface area contributed by atoms with Crippen LogP contribution in [-0.4, -0.2) is 24.1 Å². The molecule has 0 bridgehead atoms. The van der Waals surface area contributed by atoms with E-state index in [0.717, 1.165) is 49.7 Å². The Bertz CT molecular complexity index is 4180. The summed E-state index contributed by atoms with van der Waals surface area (Å²) in [7, 11) is 0. The zero-order chi connectivity index (χ0) is 41.2. The molecule has 0 aliphatic heterocycles. The first-order valence-corrected chi connectivity index (χ1v) is 22.1. The third kappa shape index (κ3) is 4.95. The molecule has 0 saturated carbocycles. The summed E-state index contributed by atoms with van der Waals surface area (Å²) < 4.78 is 7.13. The highest BCUT2D eigenvalue weighted by Gasteiger charge is 2.24. The quantitative estimate of drug-likeness (QED) is 0.166. The van der Waals surface area contributed by atoms with E-state index in [4.69, 9.17) is 15.0 Å². The van der Waals surface area contributed by atoms with E-state index in [1.807, 2.05) is 18.2 Å². The van der Waals surface area contributed by atoms with Crippen LogP contribution in [0.4, 0.5) is 0 Å². The normalized spacial score (nSPS) is 12.1. The molecule has 292 valence electrons. The number of hydrogen-bond donors (Lipinski definition) is 0. The molecule has 0 atom stereocenters. The van der Waals surface area contributed by atoms with Crippen LogP contribution in [0, 0.1) is 0 Å². The van der Waals surface area contributed by atoms with Crippen molar-refractivity contribution in [3.8, 4) is 34.4 Å². The molecular formula is C57H33N5S. The van der Waals surface area contributed by atoms with Gasteiger partial charge in [-0.15, -0.1) is 11.3 Å². The predicted octanol–water partition coefficient (Wildman–Crippen LogP) is 15.2. The van der Waals surface area contributed by atoms with E-state index < -0.39 is 0 Å². The Hall–Kier alpha value is -8.19. The van der Waals surface area contributed by atoms with Gasteiger partial charge in [0.1, 0.15) is 0 Å². The molecule has 0 amide bonds. The molecule has 0 aliphatic rings. The standard InChI is InChI=1S/C57H33N5S/c1-2-15-34(16-3-1)55-58-56(46-25-14-24-44-42-22-10-13-28-51(42)63-54(44)46)60-57(59-55)62-49-27-12-9-23-45(49)52-50(62)32-31-43-41-21-8-11-26-48(41)61(53(43)52)35-29-30-40-38-19-5-4-17-36(38)37-18-6-7-20-39(37)47(40)33-35/h1-33H. The average Bonchev–Trinajstić information content (AvgIpc) is 4.02. The van der Waals surface area contributed by atoms with Crippen molar-refractivity contribution in [1.82, 2.24) is 24.1 Å². The van der Waals surface area contributed by atoms with Crippen LogP contribution in [0.3, 0.4) is 0 Å². The molecule has 10 aromatic carbocycles. The van der Waals surface area contributed by atoms with Gasteiger partial charge >= 0.3 is 0 Å². The van der Waals surface area contributed by atoms with Crippen molar-refractivity contribution in [2.24, 2.45) is 0 Å². The number of hydrogen-bond acceptors (Lipinski definition) is 4. The highest BCUT2D eigenvalue weighted by molar-refractivity contribution is 7.26. The number of rotatable bonds is 4. The molecule has 6 heteroatoms. The fraction of sp³-hybridized carbons (Fsp3) is 0. The van der Waals surface area contributed by atoms with E-state index in [-0.39, 0.29) is 0 Å². The Kier molecular flexibility index (Phi) is 7.21. The fourth-order valence-electron chi connectivity index (χ4n) is 10.3. The van der Waals surface area contributed by atoms with E-state index >= 15 is 0 Å². The SMILES string of the molecule is c1ccc(-c2nc(-c3cccc4c3sc3ccccc34)nc(-n3c4ccccc4c4c3ccc3c5ccccc5n(-c5ccc6c7ccccc7c7ccccc7c6c5)c34)n2)cc1. The van der Waals surface area contributed by atoms with Crippen LogP contribution in [0.1, 0.15) is 0 Å². The van der Waals surface area contributed by atoms with Crippen LogP contribution in [-0.2, 0) is 0 Å². The van der Waals surface area contributed by atoms with Crippen LogP contribution in [0.25, 0.3) is 131 Å². The lowest BCUT2D eigenvalue weighted by atomic mass is 9.94. The zero-order valence-electron chi connectivity index (χ0n) is 33.7. The zero-order valence-corrected chi connectivity index (χ0v) is 34.5. The minimum absolute atomic E-state index is 0.578. The van der Waals surface area contributed by atoms with Gasteiger partial charge in [0.05, 0.1) is 22.1 Å². The van der Waals surface area contributed by atoms with E-state index in [1.165, 1.54) is 63.3 Å². The largest absolute Gasteiger partial charge is 0.309 e. The average molecular weight is 820 g/mol. The van der Waals surface area contributed by atoms with Gasteiger partial charge in [-0.2, -0.15) is 9.97 Å². The van der Waals surface area contributed by atoms with Gasteiger partial charge in [0.15, 0.2) is 11.6 Å². The molecule has 4 heterocycles. The number of para-hydroxylation sites is 2. The van der Waals surface area contributed by atoms with Crippen molar-refractivity contribution < 1.29 is 0 Å². The van der Waals surface area contributed by atoms with Gasteiger partial charge in [0.2, 0.25) is 5.95 Å². The summed E-state index contributed by atoms with van der Waals surface area (Å²) in [6.45, 7) is 0. The first-order valence-electron chi connectivity index (χ1n) is 21.3. The van der Waals surface area contributed by atoms with Crippen molar-refractivity contribution >= 4 is 107 Å². The molecule has 14 aromatic rings. The molecule has 0 aliphatic carbocycles. The molecule has 14 rings (SSSR count). The van der Waals surface area contributed by atoms with Gasteiger partial charge in [0.25, 0.3) is 0 Å². The highest BCUT2D eigenvalue weighted by Crippen LogP contribution is 2.44. The topological polar surface area (TPSA) is 48.5 Å². The molecule has 4 aromatic heterocycles. The first kappa shape index (κ1) is 34.5. The van der Waals surface area contributed by atoms with Crippen LogP contribution in [0.15, 0.2) is 200 Å². The van der Waals surface area contributed by atoms with E-state index in [0.29, 0.717) is 17.6 Å². The van der Waals surface area contributed by atoms with Crippen molar-refractivity contribution in [2.75, 3.05) is 0 Å². The fourth-order valence-corrected chi connectivity index (χ4v) is 11.5. The van der Waals surface area contributed by atoms with E-state index in [9.17, 15) is 0 Å². The Morgan fingerprint density at radius 1 is 0.349 bits per heavy atom. The molecule has 0 radical (unpaired) electrons. The minimum Gasteiger partial charge on any atom is -0.309 e. The third-order valence-corrected chi connectivity index (χ3v) is 14.2. The van der Waals surface area contributed by atoms with Crippen LogP contribution in [0.2, 0.25) is 0 Å². The van der Waals surface area contributed by atoms with Crippen molar-refractivity contribution in [3.63, 3.8) is 0 Å². The van der Waals surface area contributed by atoms with Crippen LogP contribution in [0.5, 0.6) is 0 Å². The maximum atomic E-state index is 5.42. The summed E-state index contributed by atoms with van der Waals surface area (Å²) >= 11 is 1.79. The summed E-state index contributed by atoms with van der Waals surface area (Å²) in [4.78, 5) is 16.0. The second-order valence-electron chi connectivity index (χ2n) is 16.3. The van der Waals surface area contributed by atoms with Gasteiger partial charge in [-0.05, 0) is 74.8 Å². The molecule has 5 nitrogen and oxygen atoms in total. The summed E-state index contributed by atoms with van der Waals surface area (Å²) in [6, 6.07) is 72.0. The molecule has 0 unspecified atom stereocenters. The molecular weight excluding hydrogens is 787 g/mol. The molecule has 0 spiro atoms. The maximum Gasteiger partial charge on any atom is 0.238 e. The maximum absolute atomic E-state index is 5.42. The lowest BCUT2D eigenvalue weighted by Crippen LogP contribution is -2.06. The summed E-state index contributed by atoms with van der Waals surface area (Å²) in [5, 5.41) is 14.7. The number of fused-ring (bicyclic) bond motifs is 16.